The first kappa shape index (κ1) is 24.2. The van der Waals surface area contributed by atoms with E-state index in [4.69, 9.17) is 4.74 Å². The fraction of sp³-hybridized carbons (Fsp3) is 0.400. The highest BCUT2D eigenvalue weighted by atomic mass is 32.2. The zero-order valence-corrected chi connectivity index (χ0v) is 17.5. The molecular formula is C20H21F5N2O4S. The molecule has 1 aliphatic rings. The van der Waals surface area contributed by atoms with Crippen molar-refractivity contribution in [1.29, 1.82) is 0 Å². The molecule has 6 nitrogen and oxygen atoms in total. The van der Waals surface area contributed by atoms with Crippen LogP contribution in [0.3, 0.4) is 0 Å². The van der Waals surface area contributed by atoms with Crippen molar-refractivity contribution in [2.24, 2.45) is 0 Å². The molecule has 1 aliphatic heterocycles. The lowest BCUT2D eigenvalue weighted by Crippen LogP contribution is -2.37. The molecule has 3 rings (SSSR count). The molecule has 0 aliphatic carbocycles. The Morgan fingerprint density at radius 2 is 1.81 bits per heavy atom. The third-order valence-corrected chi connectivity index (χ3v) is 6.17. The molecule has 2 aromatic carbocycles. The maximum Gasteiger partial charge on any atom is 0.573 e. The molecular weight excluding hydrogens is 459 g/mol. The fourth-order valence-electron chi connectivity index (χ4n) is 3.31. The molecule has 1 heterocycles. The Morgan fingerprint density at radius 3 is 2.47 bits per heavy atom. The van der Waals surface area contributed by atoms with Crippen LogP contribution >= 0.6 is 0 Å². The number of rotatable bonds is 9. The van der Waals surface area contributed by atoms with E-state index in [1.54, 1.807) is 24.3 Å². The molecule has 0 radical (unpaired) electrons. The Balaban J connectivity index is 1.55. The molecule has 1 saturated heterocycles. The molecule has 176 valence electrons. The smallest absolute Gasteiger partial charge is 0.488 e. The summed E-state index contributed by atoms with van der Waals surface area (Å²) in [6.45, 7) is 0.844. The lowest BCUT2D eigenvalue weighted by atomic mass is 10.2. The first-order valence-corrected chi connectivity index (χ1v) is 11.1. The third-order valence-electron chi connectivity index (χ3n) is 4.65. The minimum atomic E-state index is -4.92. The van der Waals surface area contributed by atoms with Crippen LogP contribution in [0.15, 0.2) is 53.4 Å². The number of nitrogens with zero attached hydrogens (tertiary/aromatic N) is 1. The van der Waals surface area contributed by atoms with Crippen LogP contribution in [0.25, 0.3) is 0 Å². The lowest BCUT2D eigenvalue weighted by molar-refractivity contribution is -0.274. The molecule has 0 unspecified atom stereocenters. The molecule has 0 aromatic heterocycles. The molecule has 2 aromatic rings. The summed E-state index contributed by atoms with van der Waals surface area (Å²) in [5, 5.41) is 0. The number of sulfonamides is 1. The van der Waals surface area contributed by atoms with Crippen LogP contribution in [-0.4, -0.2) is 51.8 Å². The third kappa shape index (κ3) is 7.31. The number of hydrogen-bond donors (Lipinski definition) is 1. The van der Waals surface area contributed by atoms with Gasteiger partial charge in [-0.15, -0.1) is 13.2 Å². The first-order valence-electron chi connectivity index (χ1n) is 9.60. The van der Waals surface area contributed by atoms with Crippen molar-refractivity contribution in [3.05, 3.63) is 54.1 Å². The number of ether oxygens (including phenoxy) is 2. The van der Waals surface area contributed by atoms with E-state index >= 15 is 0 Å². The monoisotopic (exact) mass is 480 g/mol. The Labute approximate surface area is 182 Å². The molecule has 0 bridgehead atoms. The van der Waals surface area contributed by atoms with Gasteiger partial charge in [0.05, 0.1) is 4.90 Å². The standard InChI is InChI=1S/C20H21F5N2O4S/c21-19(22)13-30-16-6-4-14(5-7-16)11-27-9-8-15(12-27)26-32(28,29)18-3-1-2-17(10-18)31-20(23,24)25/h1-7,10,15,19,26H,8-9,11-13H2/t15-/m1/s1. The number of halogens is 5. The van der Waals surface area contributed by atoms with Crippen LogP contribution in [0.4, 0.5) is 22.0 Å². The number of hydrogen-bond acceptors (Lipinski definition) is 5. The second-order valence-electron chi connectivity index (χ2n) is 7.21. The SMILES string of the molecule is O=S(=O)(N[C@@H]1CCN(Cc2ccc(OCC(F)F)cc2)C1)c1cccc(OC(F)(F)F)c1. The summed E-state index contributed by atoms with van der Waals surface area (Å²) in [7, 11) is -4.04. The summed E-state index contributed by atoms with van der Waals surface area (Å²) in [5.41, 5.74) is 0.898. The minimum Gasteiger partial charge on any atom is -0.488 e. The van der Waals surface area contributed by atoms with Crippen LogP contribution in [-0.2, 0) is 16.6 Å². The van der Waals surface area contributed by atoms with E-state index < -0.39 is 41.2 Å². The largest absolute Gasteiger partial charge is 0.573 e. The molecule has 0 saturated carbocycles. The zero-order valence-electron chi connectivity index (χ0n) is 16.7. The van der Waals surface area contributed by atoms with Gasteiger partial charge in [-0.05, 0) is 36.2 Å². The van der Waals surface area contributed by atoms with E-state index in [1.807, 2.05) is 4.90 Å². The topological polar surface area (TPSA) is 67.9 Å². The summed E-state index contributed by atoms with van der Waals surface area (Å²) in [5.74, 6) is -0.285. The van der Waals surface area contributed by atoms with Gasteiger partial charge in [0.2, 0.25) is 10.0 Å². The van der Waals surface area contributed by atoms with Crippen LogP contribution in [0.1, 0.15) is 12.0 Å². The highest BCUT2D eigenvalue weighted by molar-refractivity contribution is 7.89. The van der Waals surface area contributed by atoms with Crippen molar-refractivity contribution < 1.29 is 39.8 Å². The summed E-state index contributed by atoms with van der Waals surface area (Å²) in [6.07, 6.45) is -6.96. The van der Waals surface area contributed by atoms with Crippen LogP contribution in [0.5, 0.6) is 11.5 Å². The Kier molecular flexibility index (Phi) is 7.57. The van der Waals surface area contributed by atoms with Crippen molar-refractivity contribution >= 4 is 10.0 Å². The van der Waals surface area contributed by atoms with Gasteiger partial charge in [0.15, 0.2) is 0 Å². The van der Waals surface area contributed by atoms with E-state index in [-0.39, 0.29) is 4.90 Å². The Bertz CT molecular complexity index is 1000. The van der Waals surface area contributed by atoms with Gasteiger partial charge in [-0.2, -0.15) is 0 Å². The van der Waals surface area contributed by atoms with Gasteiger partial charge in [-0.1, -0.05) is 18.2 Å². The summed E-state index contributed by atoms with van der Waals surface area (Å²) in [4.78, 5) is 1.68. The van der Waals surface area contributed by atoms with Crippen LogP contribution < -0.4 is 14.2 Å². The maximum absolute atomic E-state index is 12.6. The summed E-state index contributed by atoms with van der Waals surface area (Å²) in [6, 6.07) is 10.4. The fourth-order valence-corrected chi connectivity index (χ4v) is 4.60. The molecule has 32 heavy (non-hydrogen) atoms. The molecule has 1 N–H and O–H groups in total. The van der Waals surface area contributed by atoms with E-state index in [0.717, 1.165) is 17.7 Å². The van der Waals surface area contributed by atoms with E-state index in [2.05, 4.69) is 9.46 Å². The van der Waals surface area contributed by atoms with Crippen molar-refractivity contribution in [2.45, 2.75) is 36.7 Å². The summed E-state index contributed by atoms with van der Waals surface area (Å²) < 4.78 is 97.9. The number of nitrogens with one attached hydrogen (secondary N) is 1. The van der Waals surface area contributed by atoms with Gasteiger partial charge in [0.25, 0.3) is 6.43 Å². The highest BCUT2D eigenvalue weighted by Crippen LogP contribution is 2.25. The maximum atomic E-state index is 12.6. The normalized spacial score (nSPS) is 17.6. The number of benzene rings is 2. The lowest BCUT2D eigenvalue weighted by Gasteiger charge is -2.17. The van der Waals surface area contributed by atoms with E-state index in [9.17, 15) is 30.4 Å². The predicted octanol–water partition coefficient (Wildman–Crippen LogP) is 3.78. The van der Waals surface area contributed by atoms with Crippen LogP contribution in [0.2, 0.25) is 0 Å². The van der Waals surface area contributed by atoms with Crippen molar-refractivity contribution in [1.82, 2.24) is 9.62 Å². The summed E-state index contributed by atoms with van der Waals surface area (Å²) >= 11 is 0. The Hall–Kier alpha value is -2.44. The molecule has 0 spiro atoms. The van der Waals surface area contributed by atoms with Gasteiger partial charge in [0.1, 0.15) is 18.1 Å². The minimum absolute atomic E-state index is 0.322. The average molecular weight is 480 g/mol. The van der Waals surface area contributed by atoms with Gasteiger partial charge in [-0.25, -0.2) is 21.9 Å². The molecule has 0 amide bonds. The van der Waals surface area contributed by atoms with Gasteiger partial charge < -0.3 is 9.47 Å². The van der Waals surface area contributed by atoms with E-state index in [1.165, 1.54) is 12.1 Å². The number of alkyl halides is 5. The van der Waals surface area contributed by atoms with E-state index in [0.29, 0.717) is 31.8 Å². The first-order chi connectivity index (χ1) is 15.0. The van der Waals surface area contributed by atoms with Gasteiger partial charge in [-0.3, -0.25) is 4.90 Å². The quantitative estimate of drug-likeness (QED) is 0.554. The second-order valence-corrected chi connectivity index (χ2v) is 8.92. The van der Waals surface area contributed by atoms with Gasteiger partial charge >= 0.3 is 6.36 Å². The molecule has 1 fully saturated rings. The van der Waals surface area contributed by atoms with Crippen molar-refractivity contribution in [2.75, 3.05) is 19.7 Å². The van der Waals surface area contributed by atoms with Gasteiger partial charge in [0, 0.05) is 31.7 Å². The highest BCUT2D eigenvalue weighted by Gasteiger charge is 2.32. The molecule has 1 atom stereocenters. The predicted molar refractivity (Wildman–Crippen MR) is 105 cm³/mol. The zero-order chi connectivity index (χ0) is 23.4. The average Bonchev–Trinajstić information content (AvgIpc) is 3.12. The molecule has 12 heteroatoms. The van der Waals surface area contributed by atoms with Crippen LogP contribution in [0, 0.1) is 0 Å². The van der Waals surface area contributed by atoms with Crippen molar-refractivity contribution in [3.63, 3.8) is 0 Å². The second kappa shape index (κ2) is 10.0. The number of likely N-dealkylation sites (tertiary alicyclic amines) is 1. The Morgan fingerprint density at radius 1 is 1.09 bits per heavy atom. The van der Waals surface area contributed by atoms with Crippen molar-refractivity contribution in [3.8, 4) is 11.5 Å².